The molecule has 1 fully saturated rings. The van der Waals surface area contributed by atoms with Crippen molar-refractivity contribution in [1.29, 1.82) is 0 Å². The summed E-state index contributed by atoms with van der Waals surface area (Å²) in [6.07, 6.45) is 5.93. The summed E-state index contributed by atoms with van der Waals surface area (Å²) in [5.74, 6) is 0.673. The Hall–Kier alpha value is -2.04. The van der Waals surface area contributed by atoms with Crippen LogP contribution in [0.3, 0.4) is 0 Å². The van der Waals surface area contributed by atoms with Crippen LogP contribution in [0, 0.1) is 0 Å². The first kappa shape index (κ1) is 17.3. The quantitative estimate of drug-likeness (QED) is 0.577. The third-order valence-electron chi connectivity index (χ3n) is 4.26. The fourth-order valence-corrected chi connectivity index (χ4v) is 2.91. The number of benzene rings is 1. The zero-order valence-corrected chi connectivity index (χ0v) is 14.1. The first-order valence-electron chi connectivity index (χ1n) is 8.50. The molecule has 2 rings (SSSR count). The molecular weight excluding hydrogens is 288 g/mol. The lowest BCUT2D eigenvalue weighted by atomic mass is 9.95. The SMILES string of the molecule is CN=C(NCC(=O)NC1CCCCC1)NC(C)c1ccccc1. The largest absolute Gasteiger partial charge is 0.352 e. The first-order chi connectivity index (χ1) is 11.2. The molecule has 0 radical (unpaired) electrons. The Bertz CT molecular complexity index is 509. The van der Waals surface area contributed by atoms with E-state index in [1.54, 1.807) is 7.05 Å². The van der Waals surface area contributed by atoms with Crippen molar-refractivity contribution in [2.24, 2.45) is 4.99 Å². The van der Waals surface area contributed by atoms with Gasteiger partial charge in [0.25, 0.3) is 0 Å². The second-order valence-electron chi connectivity index (χ2n) is 6.10. The number of carbonyl (C=O) groups excluding carboxylic acids is 1. The summed E-state index contributed by atoms with van der Waals surface area (Å²) in [7, 11) is 1.71. The second kappa shape index (κ2) is 9.18. The third-order valence-corrected chi connectivity index (χ3v) is 4.26. The molecule has 5 heteroatoms. The van der Waals surface area contributed by atoms with Crippen LogP contribution in [-0.4, -0.2) is 31.5 Å². The summed E-state index contributed by atoms with van der Waals surface area (Å²) < 4.78 is 0. The van der Waals surface area contributed by atoms with Crippen molar-refractivity contribution in [3.63, 3.8) is 0 Å². The first-order valence-corrected chi connectivity index (χ1v) is 8.50. The van der Waals surface area contributed by atoms with Crippen LogP contribution in [0.2, 0.25) is 0 Å². The van der Waals surface area contributed by atoms with Gasteiger partial charge in [-0.15, -0.1) is 0 Å². The molecule has 0 aliphatic heterocycles. The summed E-state index contributed by atoms with van der Waals surface area (Å²) in [4.78, 5) is 16.2. The van der Waals surface area contributed by atoms with Crippen molar-refractivity contribution >= 4 is 11.9 Å². The fraction of sp³-hybridized carbons (Fsp3) is 0.556. The number of nitrogens with zero attached hydrogens (tertiary/aromatic N) is 1. The van der Waals surface area contributed by atoms with Gasteiger partial charge in [-0.2, -0.15) is 0 Å². The maximum atomic E-state index is 12.0. The lowest BCUT2D eigenvalue weighted by Gasteiger charge is -2.23. The van der Waals surface area contributed by atoms with Crippen molar-refractivity contribution in [2.75, 3.05) is 13.6 Å². The van der Waals surface area contributed by atoms with Crippen molar-refractivity contribution in [2.45, 2.75) is 51.1 Å². The maximum absolute atomic E-state index is 12.0. The number of aliphatic imine (C=N–C) groups is 1. The Kier molecular flexibility index (Phi) is 6.91. The highest BCUT2D eigenvalue weighted by atomic mass is 16.2. The normalized spacial score (nSPS) is 17.4. The van der Waals surface area contributed by atoms with Crippen LogP contribution in [0.25, 0.3) is 0 Å². The average molecular weight is 316 g/mol. The van der Waals surface area contributed by atoms with Crippen LogP contribution in [-0.2, 0) is 4.79 Å². The lowest BCUT2D eigenvalue weighted by molar-refractivity contribution is -0.120. The molecule has 1 aliphatic rings. The summed E-state index contributed by atoms with van der Waals surface area (Å²) >= 11 is 0. The minimum absolute atomic E-state index is 0.0345. The number of rotatable bonds is 5. The van der Waals surface area contributed by atoms with Gasteiger partial charge < -0.3 is 16.0 Å². The molecule has 23 heavy (non-hydrogen) atoms. The highest BCUT2D eigenvalue weighted by Crippen LogP contribution is 2.17. The Balaban J connectivity index is 1.75. The molecule has 1 saturated carbocycles. The topological polar surface area (TPSA) is 65.5 Å². The highest BCUT2D eigenvalue weighted by Gasteiger charge is 2.16. The van der Waals surface area contributed by atoms with E-state index in [0.717, 1.165) is 12.8 Å². The maximum Gasteiger partial charge on any atom is 0.239 e. The van der Waals surface area contributed by atoms with Crippen LogP contribution >= 0.6 is 0 Å². The van der Waals surface area contributed by atoms with Gasteiger partial charge in [0.05, 0.1) is 12.6 Å². The van der Waals surface area contributed by atoms with Gasteiger partial charge in [0.1, 0.15) is 0 Å². The van der Waals surface area contributed by atoms with E-state index in [1.807, 2.05) is 18.2 Å². The lowest BCUT2D eigenvalue weighted by Crippen LogP contribution is -2.46. The summed E-state index contributed by atoms with van der Waals surface area (Å²) in [5.41, 5.74) is 1.18. The number of hydrogen-bond acceptors (Lipinski definition) is 2. The predicted molar refractivity (Wildman–Crippen MR) is 94.4 cm³/mol. The Morgan fingerprint density at radius 1 is 1.22 bits per heavy atom. The smallest absolute Gasteiger partial charge is 0.239 e. The molecule has 1 aliphatic carbocycles. The highest BCUT2D eigenvalue weighted by molar-refractivity contribution is 5.86. The molecule has 5 nitrogen and oxygen atoms in total. The predicted octanol–water partition coefficient (Wildman–Crippen LogP) is 2.36. The molecule has 1 aromatic rings. The van der Waals surface area contributed by atoms with E-state index in [9.17, 15) is 4.79 Å². The van der Waals surface area contributed by atoms with Gasteiger partial charge in [0, 0.05) is 13.1 Å². The van der Waals surface area contributed by atoms with Crippen molar-refractivity contribution in [3.8, 4) is 0 Å². The zero-order chi connectivity index (χ0) is 16.5. The molecule has 0 saturated heterocycles. The van der Waals surface area contributed by atoms with E-state index in [-0.39, 0.29) is 18.5 Å². The molecular formula is C18H28N4O. The van der Waals surface area contributed by atoms with Crippen molar-refractivity contribution < 1.29 is 4.79 Å². The Morgan fingerprint density at radius 2 is 1.91 bits per heavy atom. The Labute approximate surface area is 139 Å². The minimum atomic E-state index is 0.0345. The summed E-state index contributed by atoms with van der Waals surface area (Å²) in [6.45, 7) is 2.32. The summed E-state index contributed by atoms with van der Waals surface area (Å²) in [5, 5.41) is 9.49. The van der Waals surface area contributed by atoms with E-state index < -0.39 is 0 Å². The standard InChI is InChI=1S/C18H28N4O/c1-14(15-9-5-3-6-10-15)21-18(19-2)20-13-17(23)22-16-11-7-4-8-12-16/h3,5-6,9-10,14,16H,4,7-8,11-13H2,1-2H3,(H,22,23)(H2,19,20,21). The molecule has 126 valence electrons. The van der Waals surface area contributed by atoms with Gasteiger partial charge in [0.15, 0.2) is 5.96 Å². The van der Waals surface area contributed by atoms with Crippen molar-refractivity contribution in [1.82, 2.24) is 16.0 Å². The van der Waals surface area contributed by atoms with Crippen LogP contribution in [0.5, 0.6) is 0 Å². The molecule has 3 N–H and O–H groups in total. The molecule has 1 unspecified atom stereocenters. The molecule has 0 spiro atoms. The van der Waals surface area contributed by atoms with Gasteiger partial charge in [-0.1, -0.05) is 49.6 Å². The van der Waals surface area contributed by atoms with E-state index >= 15 is 0 Å². The van der Waals surface area contributed by atoms with E-state index in [2.05, 4.69) is 40.0 Å². The molecule has 1 amide bonds. The van der Waals surface area contributed by atoms with Crippen LogP contribution in [0.4, 0.5) is 0 Å². The molecule has 0 bridgehead atoms. The van der Waals surface area contributed by atoms with Crippen LogP contribution in [0.15, 0.2) is 35.3 Å². The van der Waals surface area contributed by atoms with Gasteiger partial charge >= 0.3 is 0 Å². The minimum Gasteiger partial charge on any atom is -0.352 e. The van der Waals surface area contributed by atoms with E-state index in [4.69, 9.17) is 0 Å². The fourth-order valence-electron chi connectivity index (χ4n) is 2.91. The van der Waals surface area contributed by atoms with Gasteiger partial charge in [-0.05, 0) is 25.3 Å². The van der Waals surface area contributed by atoms with Crippen LogP contribution in [0.1, 0.15) is 50.6 Å². The number of hydrogen-bond donors (Lipinski definition) is 3. The molecule has 1 atom stereocenters. The average Bonchev–Trinajstić information content (AvgIpc) is 2.60. The van der Waals surface area contributed by atoms with Crippen LogP contribution < -0.4 is 16.0 Å². The number of carbonyl (C=O) groups is 1. The van der Waals surface area contributed by atoms with Gasteiger partial charge in [0.2, 0.25) is 5.91 Å². The number of amides is 1. The molecule has 1 aromatic carbocycles. The van der Waals surface area contributed by atoms with E-state index in [0.29, 0.717) is 12.0 Å². The number of nitrogens with one attached hydrogen (secondary N) is 3. The van der Waals surface area contributed by atoms with E-state index in [1.165, 1.54) is 24.8 Å². The van der Waals surface area contributed by atoms with Gasteiger partial charge in [-0.3, -0.25) is 9.79 Å². The third kappa shape index (κ3) is 5.93. The Morgan fingerprint density at radius 3 is 2.57 bits per heavy atom. The second-order valence-corrected chi connectivity index (χ2v) is 6.10. The monoisotopic (exact) mass is 316 g/mol. The molecule has 0 heterocycles. The zero-order valence-electron chi connectivity index (χ0n) is 14.1. The molecule has 0 aromatic heterocycles. The van der Waals surface area contributed by atoms with Crippen molar-refractivity contribution in [3.05, 3.63) is 35.9 Å². The summed E-state index contributed by atoms with van der Waals surface area (Å²) in [6, 6.07) is 10.6. The van der Waals surface area contributed by atoms with Gasteiger partial charge in [-0.25, -0.2) is 0 Å². The number of guanidine groups is 1.